The van der Waals surface area contributed by atoms with Crippen LogP contribution in [0.5, 0.6) is 0 Å². The van der Waals surface area contributed by atoms with E-state index in [1.165, 1.54) is 0 Å². The van der Waals surface area contributed by atoms with Crippen LogP contribution in [-0.2, 0) is 14.3 Å². The smallest absolute Gasteiger partial charge is 0.246 e. The highest BCUT2D eigenvalue weighted by Gasteiger charge is 2.47. The van der Waals surface area contributed by atoms with E-state index in [4.69, 9.17) is 4.74 Å². The highest BCUT2D eigenvalue weighted by Crippen LogP contribution is 2.29. The molecule has 5 heteroatoms. The van der Waals surface area contributed by atoms with Gasteiger partial charge in [0.2, 0.25) is 11.8 Å². The van der Waals surface area contributed by atoms with E-state index in [1.807, 2.05) is 41.5 Å². The van der Waals surface area contributed by atoms with Crippen LogP contribution in [0.25, 0.3) is 0 Å². The SMILES string of the molecule is CCC(C)C1NC(=O)C(C(C)(C)C)N(CC(C)OC)C1=O. The minimum absolute atomic E-state index is 0.00720. The molecule has 1 N–H and O–H groups in total. The molecule has 0 saturated carbocycles. The maximum Gasteiger partial charge on any atom is 0.246 e. The molecule has 1 fully saturated rings. The molecule has 21 heavy (non-hydrogen) atoms. The number of amides is 2. The number of nitrogens with one attached hydrogen (secondary N) is 1. The third-order valence-electron chi connectivity index (χ3n) is 4.30. The first kappa shape index (κ1) is 18.0. The molecule has 0 radical (unpaired) electrons. The summed E-state index contributed by atoms with van der Waals surface area (Å²) in [5, 5.41) is 2.92. The van der Waals surface area contributed by atoms with Gasteiger partial charge in [0.25, 0.3) is 0 Å². The van der Waals surface area contributed by atoms with Crippen LogP contribution >= 0.6 is 0 Å². The minimum atomic E-state index is -0.456. The van der Waals surface area contributed by atoms with Crippen molar-refractivity contribution in [3.05, 3.63) is 0 Å². The lowest BCUT2D eigenvalue weighted by Crippen LogP contribution is -2.68. The second-order valence-corrected chi connectivity index (χ2v) is 7.18. The molecule has 5 nitrogen and oxygen atoms in total. The van der Waals surface area contributed by atoms with Crippen LogP contribution < -0.4 is 5.32 Å². The summed E-state index contributed by atoms with van der Waals surface area (Å²) in [5.41, 5.74) is -0.312. The van der Waals surface area contributed by atoms with Crippen LogP contribution in [0.3, 0.4) is 0 Å². The van der Waals surface area contributed by atoms with Crippen LogP contribution in [0.4, 0.5) is 0 Å². The van der Waals surface area contributed by atoms with E-state index in [-0.39, 0.29) is 29.3 Å². The van der Waals surface area contributed by atoms with Gasteiger partial charge in [-0.2, -0.15) is 0 Å². The van der Waals surface area contributed by atoms with E-state index in [2.05, 4.69) is 5.32 Å². The molecule has 1 heterocycles. The van der Waals surface area contributed by atoms with E-state index in [0.717, 1.165) is 6.42 Å². The topological polar surface area (TPSA) is 58.6 Å². The van der Waals surface area contributed by atoms with Gasteiger partial charge in [-0.05, 0) is 18.3 Å². The average molecular weight is 298 g/mol. The zero-order chi connectivity index (χ0) is 16.4. The fraction of sp³-hybridized carbons (Fsp3) is 0.875. The number of piperazine rings is 1. The van der Waals surface area contributed by atoms with E-state index < -0.39 is 12.1 Å². The Balaban J connectivity index is 3.11. The fourth-order valence-electron chi connectivity index (χ4n) is 2.77. The van der Waals surface area contributed by atoms with Crippen LogP contribution in [0, 0.1) is 11.3 Å². The van der Waals surface area contributed by atoms with Crippen LogP contribution in [0.1, 0.15) is 48.0 Å². The van der Waals surface area contributed by atoms with Gasteiger partial charge in [0, 0.05) is 13.7 Å². The first-order chi connectivity index (χ1) is 9.63. The number of hydrogen-bond donors (Lipinski definition) is 1. The molecule has 1 aliphatic rings. The molecule has 0 bridgehead atoms. The highest BCUT2D eigenvalue weighted by molar-refractivity contribution is 5.97. The Labute approximate surface area is 128 Å². The average Bonchev–Trinajstić information content (AvgIpc) is 2.39. The fourth-order valence-corrected chi connectivity index (χ4v) is 2.77. The zero-order valence-electron chi connectivity index (χ0n) is 14.4. The number of hydrogen-bond acceptors (Lipinski definition) is 3. The summed E-state index contributed by atoms with van der Waals surface area (Å²) < 4.78 is 5.29. The lowest BCUT2D eigenvalue weighted by molar-refractivity contribution is -0.157. The summed E-state index contributed by atoms with van der Waals surface area (Å²) in [6.07, 6.45) is 0.757. The molecule has 0 aromatic heterocycles. The van der Waals surface area contributed by atoms with Crippen molar-refractivity contribution >= 4 is 11.8 Å². The third kappa shape index (κ3) is 3.96. The van der Waals surface area contributed by atoms with E-state index in [1.54, 1.807) is 12.0 Å². The number of carbonyl (C=O) groups is 2. The summed E-state index contributed by atoms with van der Waals surface area (Å²) in [6, 6.07) is -0.881. The Morgan fingerprint density at radius 1 is 1.29 bits per heavy atom. The van der Waals surface area contributed by atoms with Gasteiger partial charge in [-0.1, -0.05) is 41.0 Å². The quantitative estimate of drug-likeness (QED) is 0.842. The van der Waals surface area contributed by atoms with Crippen molar-refractivity contribution in [2.45, 2.75) is 66.2 Å². The van der Waals surface area contributed by atoms with Gasteiger partial charge in [0.05, 0.1) is 6.10 Å². The summed E-state index contributed by atoms with van der Waals surface area (Å²) in [7, 11) is 1.62. The van der Waals surface area contributed by atoms with E-state index >= 15 is 0 Å². The van der Waals surface area contributed by atoms with Gasteiger partial charge in [-0.3, -0.25) is 9.59 Å². The van der Waals surface area contributed by atoms with Crippen molar-refractivity contribution in [3.8, 4) is 0 Å². The monoisotopic (exact) mass is 298 g/mol. The van der Waals surface area contributed by atoms with Crippen molar-refractivity contribution in [2.24, 2.45) is 11.3 Å². The van der Waals surface area contributed by atoms with E-state index in [9.17, 15) is 9.59 Å². The zero-order valence-corrected chi connectivity index (χ0v) is 14.4. The summed E-state index contributed by atoms with van der Waals surface area (Å²) in [6.45, 7) is 12.3. The van der Waals surface area contributed by atoms with Crippen molar-refractivity contribution in [3.63, 3.8) is 0 Å². The molecular formula is C16H30N2O3. The van der Waals surface area contributed by atoms with Crippen molar-refractivity contribution in [2.75, 3.05) is 13.7 Å². The number of carbonyl (C=O) groups excluding carboxylic acids is 2. The number of nitrogens with zero attached hydrogens (tertiary/aromatic N) is 1. The Morgan fingerprint density at radius 3 is 2.29 bits per heavy atom. The van der Waals surface area contributed by atoms with Gasteiger partial charge in [0.15, 0.2) is 0 Å². The molecule has 0 spiro atoms. The van der Waals surface area contributed by atoms with Gasteiger partial charge in [-0.15, -0.1) is 0 Å². The number of methoxy groups -OCH3 is 1. The predicted molar refractivity (Wildman–Crippen MR) is 82.8 cm³/mol. The Morgan fingerprint density at radius 2 is 1.86 bits per heavy atom. The molecular weight excluding hydrogens is 268 g/mol. The predicted octanol–water partition coefficient (Wildman–Crippen LogP) is 1.81. The maximum atomic E-state index is 12.8. The second kappa shape index (κ2) is 6.77. The van der Waals surface area contributed by atoms with E-state index in [0.29, 0.717) is 6.54 Å². The largest absolute Gasteiger partial charge is 0.380 e. The Bertz CT molecular complexity index is 389. The van der Waals surface area contributed by atoms with Crippen molar-refractivity contribution < 1.29 is 14.3 Å². The molecule has 4 unspecified atom stereocenters. The molecule has 122 valence electrons. The molecule has 0 aliphatic carbocycles. The second-order valence-electron chi connectivity index (χ2n) is 7.18. The molecule has 0 aromatic rings. The standard InChI is InChI=1S/C16H30N2O3/c1-8-10(2)12-15(20)18(9-11(3)21-7)13(14(19)17-12)16(4,5)6/h10-13H,8-9H2,1-7H3,(H,17,19). The van der Waals surface area contributed by atoms with Crippen LogP contribution in [0.2, 0.25) is 0 Å². The van der Waals surface area contributed by atoms with Gasteiger partial charge < -0.3 is 15.0 Å². The minimum Gasteiger partial charge on any atom is -0.380 e. The molecule has 0 aromatic carbocycles. The summed E-state index contributed by atoms with van der Waals surface area (Å²) in [5.74, 6) is 0.0752. The van der Waals surface area contributed by atoms with Gasteiger partial charge in [-0.25, -0.2) is 0 Å². The molecule has 1 saturated heterocycles. The summed E-state index contributed by atoms with van der Waals surface area (Å²) in [4.78, 5) is 27.1. The maximum absolute atomic E-state index is 12.8. The lowest BCUT2D eigenvalue weighted by Gasteiger charge is -2.46. The first-order valence-corrected chi connectivity index (χ1v) is 7.77. The molecule has 2 amide bonds. The van der Waals surface area contributed by atoms with Crippen LogP contribution in [0.15, 0.2) is 0 Å². The van der Waals surface area contributed by atoms with Gasteiger partial charge >= 0.3 is 0 Å². The lowest BCUT2D eigenvalue weighted by atomic mass is 9.81. The molecule has 1 aliphatic heterocycles. The van der Waals surface area contributed by atoms with Crippen LogP contribution in [-0.4, -0.2) is 48.6 Å². The molecule has 4 atom stereocenters. The normalized spacial score (nSPS) is 26.5. The molecule has 1 rings (SSSR count). The van der Waals surface area contributed by atoms with Gasteiger partial charge in [0.1, 0.15) is 12.1 Å². The van der Waals surface area contributed by atoms with Crippen molar-refractivity contribution in [1.29, 1.82) is 0 Å². The first-order valence-electron chi connectivity index (χ1n) is 7.77. The number of ether oxygens (including phenoxy) is 1. The summed E-state index contributed by atoms with van der Waals surface area (Å²) >= 11 is 0. The Hall–Kier alpha value is -1.10. The number of rotatable bonds is 5. The third-order valence-corrected chi connectivity index (χ3v) is 4.30. The Kier molecular flexibility index (Phi) is 5.79. The van der Waals surface area contributed by atoms with Crippen molar-refractivity contribution in [1.82, 2.24) is 10.2 Å². The highest BCUT2D eigenvalue weighted by atomic mass is 16.5.